The summed E-state index contributed by atoms with van der Waals surface area (Å²) < 4.78 is 0. The summed E-state index contributed by atoms with van der Waals surface area (Å²) in [5.41, 5.74) is 15.2. The summed E-state index contributed by atoms with van der Waals surface area (Å²) >= 11 is 0. The van der Waals surface area contributed by atoms with E-state index < -0.39 is 0 Å². The quantitative estimate of drug-likeness (QED) is 0.349. The third-order valence-electron chi connectivity index (χ3n) is 7.91. The van der Waals surface area contributed by atoms with Crippen LogP contribution in [0, 0.1) is 40.0 Å². The van der Waals surface area contributed by atoms with E-state index in [1.165, 1.54) is 61.2 Å². The maximum atomic E-state index is 4.36. The van der Waals surface area contributed by atoms with E-state index in [9.17, 15) is 0 Å². The Morgan fingerprint density at radius 1 is 0.676 bits per heavy atom. The molecule has 180 valence electrons. The highest BCUT2D eigenvalue weighted by atomic mass is 14.3. The van der Waals surface area contributed by atoms with Crippen molar-refractivity contribution in [1.82, 2.24) is 0 Å². The molecule has 0 amide bonds. The van der Waals surface area contributed by atoms with Gasteiger partial charge in [0.15, 0.2) is 0 Å². The molecule has 0 saturated heterocycles. The van der Waals surface area contributed by atoms with Gasteiger partial charge in [0.05, 0.1) is 0 Å². The number of hydrogen-bond donors (Lipinski definition) is 0. The van der Waals surface area contributed by atoms with E-state index in [1.54, 1.807) is 0 Å². The largest absolute Gasteiger partial charge is 0.0947 e. The molecule has 0 nitrogen and oxygen atoms in total. The molecule has 0 aliphatic carbocycles. The average molecular weight is 453 g/mol. The highest BCUT2D eigenvalue weighted by Gasteiger charge is 2.25. The molecule has 0 radical (unpaired) electrons. The van der Waals surface area contributed by atoms with Gasteiger partial charge in [-0.2, -0.15) is 0 Å². The predicted molar refractivity (Wildman–Crippen MR) is 151 cm³/mol. The molecule has 0 N–H and O–H groups in total. The fraction of sp³-hybridized carbons (Fsp3) is 0.412. The van der Waals surface area contributed by atoms with Crippen molar-refractivity contribution in [3.05, 3.63) is 111 Å². The van der Waals surface area contributed by atoms with E-state index in [-0.39, 0.29) is 10.8 Å². The van der Waals surface area contributed by atoms with Gasteiger partial charge in [0, 0.05) is 5.41 Å². The summed E-state index contributed by atoms with van der Waals surface area (Å²) in [5.74, 6) is 0. The number of rotatable bonds is 6. The zero-order valence-corrected chi connectivity index (χ0v) is 23.2. The molecule has 3 aromatic carbocycles. The zero-order chi connectivity index (χ0) is 25.4. The number of allylic oxidation sites excluding steroid dienone is 1. The van der Waals surface area contributed by atoms with Crippen molar-refractivity contribution in [3.8, 4) is 0 Å². The molecule has 0 aliphatic rings. The maximum absolute atomic E-state index is 4.36. The lowest BCUT2D eigenvalue weighted by molar-refractivity contribution is 0.568. The summed E-state index contributed by atoms with van der Waals surface area (Å²) in [4.78, 5) is 0. The van der Waals surface area contributed by atoms with Crippen molar-refractivity contribution >= 4 is 5.57 Å². The zero-order valence-electron chi connectivity index (χ0n) is 23.2. The van der Waals surface area contributed by atoms with E-state index >= 15 is 0 Å². The summed E-state index contributed by atoms with van der Waals surface area (Å²) in [6, 6.07) is 18.5. The fourth-order valence-electron chi connectivity index (χ4n) is 4.93. The number of benzene rings is 3. The third kappa shape index (κ3) is 5.38. The second-order valence-electron chi connectivity index (χ2n) is 11.9. The Hall–Kier alpha value is -2.60. The summed E-state index contributed by atoms with van der Waals surface area (Å²) in [6.07, 6.45) is 2.11. The average Bonchev–Trinajstić information content (AvgIpc) is 2.75. The van der Waals surface area contributed by atoms with Crippen molar-refractivity contribution < 1.29 is 0 Å². The molecular formula is C34H44. The smallest absolute Gasteiger partial charge is 0.0146 e. The molecule has 3 aromatic rings. The molecule has 0 bridgehead atoms. The van der Waals surface area contributed by atoms with Crippen molar-refractivity contribution in [3.63, 3.8) is 0 Å². The summed E-state index contributed by atoms with van der Waals surface area (Å²) in [5, 5.41) is 0. The second kappa shape index (κ2) is 9.57. The van der Waals surface area contributed by atoms with Crippen molar-refractivity contribution in [2.24, 2.45) is 5.41 Å². The van der Waals surface area contributed by atoms with Gasteiger partial charge in [-0.3, -0.25) is 0 Å². The lowest BCUT2D eigenvalue weighted by Crippen LogP contribution is -2.20. The van der Waals surface area contributed by atoms with Gasteiger partial charge in [-0.15, -0.1) is 0 Å². The van der Waals surface area contributed by atoms with E-state index in [0.29, 0.717) is 0 Å². The van der Waals surface area contributed by atoms with Crippen LogP contribution in [0.4, 0.5) is 0 Å². The Kier molecular flexibility index (Phi) is 7.32. The highest BCUT2D eigenvalue weighted by Crippen LogP contribution is 2.36. The maximum Gasteiger partial charge on any atom is 0.0146 e. The molecule has 34 heavy (non-hydrogen) atoms. The summed E-state index contributed by atoms with van der Waals surface area (Å²) in [6.45, 7) is 27.0. The van der Waals surface area contributed by atoms with Crippen LogP contribution in [0.1, 0.15) is 90.3 Å². The minimum absolute atomic E-state index is 0.0289. The molecule has 0 spiro atoms. The first-order chi connectivity index (χ1) is 15.7. The Bertz CT molecular complexity index is 1170. The normalized spacial score (nSPS) is 12.2. The van der Waals surface area contributed by atoms with Gasteiger partial charge in [0.2, 0.25) is 0 Å². The van der Waals surface area contributed by atoms with E-state index in [1.807, 2.05) is 0 Å². The number of hydrogen-bond acceptors (Lipinski definition) is 0. The van der Waals surface area contributed by atoms with E-state index in [0.717, 1.165) is 12.8 Å². The van der Waals surface area contributed by atoms with E-state index in [4.69, 9.17) is 0 Å². The van der Waals surface area contributed by atoms with Crippen LogP contribution in [0.25, 0.3) is 5.57 Å². The molecule has 0 aromatic heterocycles. The van der Waals surface area contributed by atoms with Crippen LogP contribution in [-0.4, -0.2) is 0 Å². The molecule has 3 rings (SSSR count). The molecule has 0 atom stereocenters. The van der Waals surface area contributed by atoms with Crippen LogP contribution < -0.4 is 0 Å². The van der Waals surface area contributed by atoms with Crippen LogP contribution >= 0.6 is 0 Å². The SMILES string of the molecule is C=C(c1cccc(CCc2c(C)cc(C(C)(C)c3cc(C)c(C)c(C)c3)cc2C)c1)C(C)(C)C. The van der Waals surface area contributed by atoms with Crippen LogP contribution in [0.5, 0.6) is 0 Å². The molecule has 0 aliphatic heterocycles. The second-order valence-corrected chi connectivity index (χ2v) is 11.9. The molecule has 0 heteroatoms. The van der Waals surface area contributed by atoms with Gasteiger partial charge in [-0.25, -0.2) is 0 Å². The first-order valence-corrected chi connectivity index (χ1v) is 12.7. The number of aryl methyl sites for hydroxylation is 5. The summed E-state index contributed by atoms with van der Waals surface area (Å²) in [7, 11) is 0. The Balaban J connectivity index is 1.86. The van der Waals surface area contributed by atoms with Gasteiger partial charge in [-0.1, -0.05) is 89.7 Å². The Morgan fingerprint density at radius 3 is 1.68 bits per heavy atom. The molecule has 0 heterocycles. The van der Waals surface area contributed by atoms with Crippen molar-refractivity contribution in [2.45, 2.75) is 87.5 Å². The van der Waals surface area contributed by atoms with Crippen LogP contribution in [-0.2, 0) is 18.3 Å². The topological polar surface area (TPSA) is 0 Å². The van der Waals surface area contributed by atoms with Gasteiger partial charge in [0.25, 0.3) is 0 Å². The lowest BCUT2D eigenvalue weighted by Gasteiger charge is -2.29. The minimum atomic E-state index is -0.0289. The van der Waals surface area contributed by atoms with Crippen LogP contribution in [0.3, 0.4) is 0 Å². The highest BCUT2D eigenvalue weighted by molar-refractivity contribution is 5.67. The molecular weight excluding hydrogens is 408 g/mol. The fourth-order valence-corrected chi connectivity index (χ4v) is 4.93. The standard InChI is InChI=1S/C34H44/c1-22-17-30(18-23(2)26(22)5)34(10,11)31-19-24(3)32(25(4)20-31)16-15-28-13-12-14-29(21-28)27(6)33(7,8)9/h12-14,17-21H,6,15-16H2,1-5,7-11H3. The minimum Gasteiger partial charge on any atom is -0.0947 e. The van der Waals surface area contributed by atoms with Gasteiger partial charge in [0.1, 0.15) is 0 Å². The Labute approximate surface area is 209 Å². The van der Waals surface area contributed by atoms with Crippen molar-refractivity contribution in [1.29, 1.82) is 0 Å². The predicted octanol–water partition coefficient (Wildman–Crippen LogP) is 9.40. The van der Waals surface area contributed by atoms with Crippen LogP contribution in [0.15, 0.2) is 55.1 Å². The first kappa shape index (κ1) is 26.0. The Morgan fingerprint density at radius 2 is 1.18 bits per heavy atom. The third-order valence-corrected chi connectivity index (χ3v) is 7.91. The molecule has 0 saturated carbocycles. The lowest BCUT2D eigenvalue weighted by atomic mass is 9.75. The van der Waals surface area contributed by atoms with Crippen molar-refractivity contribution in [2.75, 3.05) is 0 Å². The van der Waals surface area contributed by atoms with Gasteiger partial charge < -0.3 is 0 Å². The molecule has 0 unspecified atom stereocenters. The molecule has 0 fully saturated rings. The van der Waals surface area contributed by atoms with E-state index in [2.05, 4.69) is 124 Å². The van der Waals surface area contributed by atoms with Gasteiger partial charge >= 0.3 is 0 Å². The van der Waals surface area contributed by atoms with Crippen LogP contribution in [0.2, 0.25) is 0 Å². The monoisotopic (exact) mass is 452 g/mol. The first-order valence-electron chi connectivity index (χ1n) is 12.7. The van der Waals surface area contributed by atoms with Gasteiger partial charge in [-0.05, 0) is 114 Å².